The van der Waals surface area contributed by atoms with E-state index in [0.717, 1.165) is 11.4 Å². The largest absolute Gasteiger partial charge is 0.299 e. The predicted molar refractivity (Wildman–Crippen MR) is 74.9 cm³/mol. The lowest BCUT2D eigenvalue weighted by Gasteiger charge is -2.17. The van der Waals surface area contributed by atoms with Gasteiger partial charge in [0, 0.05) is 7.05 Å². The van der Waals surface area contributed by atoms with Crippen molar-refractivity contribution in [3.63, 3.8) is 0 Å². The summed E-state index contributed by atoms with van der Waals surface area (Å²) in [5.41, 5.74) is 2.56. The van der Waals surface area contributed by atoms with Crippen molar-refractivity contribution in [2.24, 2.45) is 7.05 Å². The molecule has 0 radical (unpaired) electrons. The van der Waals surface area contributed by atoms with Crippen molar-refractivity contribution >= 4 is 29.0 Å². The van der Waals surface area contributed by atoms with E-state index in [1.54, 1.807) is 29.9 Å². The number of halogens is 1. The van der Waals surface area contributed by atoms with Gasteiger partial charge in [-0.3, -0.25) is 19.2 Å². The van der Waals surface area contributed by atoms with Crippen LogP contribution in [0.25, 0.3) is 0 Å². The van der Waals surface area contributed by atoms with E-state index in [1.807, 2.05) is 13.0 Å². The maximum absolute atomic E-state index is 12.1. The van der Waals surface area contributed by atoms with Crippen molar-refractivity contribution in [3.05, 3.63) is 46.2 Å². The zero-order chi connectivity index (χ0) is 14.4. The maximum Gasteiger partial charge on any atom is 0.299 e. The molecular weight excluding hydrogens is 278 g/mol. The molecule has 0 N–H and O–H groups in total. The maximum atomic E-state index is 12.1. The summed E-state index contributed by atoms with van der Waals surface area (Å²) in [5.74, 6) is -1.06. The number of carbonyl (C=O) groups is 2. The summed E-state index contributed by atoms with van der Waals surface area (Å²) in [4.78, 5) is 25.5. The molecule has 5 nitrogen and oxygen atoms in total. The molecule has 0 spiro atoms. The Morgan fingerprint density at radius 2 is 2.05 bits per heavy atom. The summed E-state index contributed by atoms with van der Waals surface area (Å²) in [5, 5.41) is 4.64. The number of Topliss-reactive ketones (excluding diaryl/α,β-unsaturated/α-hetero) is 1. The number of carbonyl (C=O) groups excluding carboxylic acids is 2. The van der Waals surface area contributed by atoms with Crippen LogP contribution in [0, 0.1) is 6.92 Å². The average Bonchev–Trinajstić information content (AvgIpc) is 2.83. The van der Waals surface area contributed by atoms with Crippen molar-refractivity contribution < 1.29 is 9.59 Å². The zero-order valence-electron chi connectivity index (χ0n) is 11.1. The topological polar surface area (TPSA) is 55.2 Å². The van der Waals surface area contributed by atoms with Gasteiger partial charge >= 0.3 is 0 Å². The Labute approximate surface area is 120 Å². The van der Waals surface area contributed by atoms with Crippen LogP contribution in [0.5, 0.6) is 0 Å². The van der Waals surface area contributed by atoms with Crippen LogP contribution in [0.3, 0.4) is 0 Å². The molecule has 2 heterocycles. The van der Waals surface area contributed by atoms with Gasteiger partial charge in [-0.1, -0.05) is 17.7 Å². The van der Waals surface area contributed by atoms with Crippen molar-refractivity contribution in [2.45, 2.75) is 13.5 Å². The van der Waals surface area contributed by atoms with Crippen LogP contribution < -0.4 is 4.90 Å². The van der Waals surface area contributed by atoms with Gasteiger partial charge in [0.05, 0.1) is 34.2 Å². The van der Waals surface area contributed by atoms with Gasteiger partial charge in [0.1, 0.15) is 0 Å². The van der Waals surface area contributed by atoms with E-state index < -0.39 is 11.7 Å². The number of aryl methyl sites for hydroxylation is 2. The van der Waals surface area contributed by atoms with Crippen molar-refractivity contribution in [1.29, 1.82) is 0 Å². The number of benzene rings is 1. The number of nitrogens with zero attached hydrogens (tertiary/aromatic N) is 3. The standard InChI is InChI=1S/C14H12ClN3O2/c1-8-6-9(17(2)16-8)7-18-12-10(13(19)14(18)20)4-3-5-11(12)15/h3-6H,7H2,1-2H3. The molecule has 0 saturated carbocycles. The van der Waals surface area contributed by atoms with Gasteiger partial charge in [0.15, 0.2) is 0 Å². The van der Waals surface area contributed by atoms with Crippen LogP contribution in [0.15, 0.2) is 24.3 Å². The second kappa shape index (κ2) is 4.45. The molecule has 2 aromatic rings. The smallest absolute Gasteiger partial charge is 0.297 e. The lowest BCUT2D eigenvalue weighted by Crippen LogP contribution is -2.30. The van der Waals surface area contributed by atoms with Crippen LogP contribution in [-0.4, -0.2) is 21.5 Å². The Kier molecular flexibility index (Phi) is 2.87. The van der Waals surface area contributed by atoms with Gasteiger partial charge in [0.2, 0.25) is 0 Å². The first-order chi connectivity index (χ1) is 9.49. The number of rotatable bonds is 2. The van der Waals surface area contributed by atoms with Crippen LogP contribution in [-0.2, 0) is 18.4 Å². The number of amides is 1. The molecule has 6 heteroatoms. The third kappa shape index (κ3) is 1.82. The molecule has 0 fully saturated rings. The molecule has 1 aromatic heterocycles. The highest BCUT2D eigenvalue weighted by molar-refractivity contribution is 6.54. The average molecular weight is 290 g/mol. The lowest BCUT2D eigenvalue weighted by atomic mass is 10.1. The van der Waals surface area contributed by atoms with Gasteiger partial charge in [-0.15, -0.1) is 0 Å². The number of para-hydroxylation sites is 1. The highest BCUT2D eigenvalue weighted by Gasteiger charge is 2.37. The fraction of sp³-hybridized carbons (Fsp3) is 0.214. The number of aromatic nitrogens is 2. The highest BCUT2D eigenvalue weighted by atomic mass is 35.5. The number of hydrogen-bond acceptors (Lipinski definition) is 3. The second-order valence-electron chi connectivity index (χ2n) is 4.76. The molecule has 102 valence electrons. The fourth-order valence-corrected chi connectivity index (χ4v) is 2.71. The monoisotopic (exact) mass is 289 g/mol. The van der Waals surface area contributed by atoms with Crippen molar-refractivity contribution in [3.8, 4) is 0 Å². The fourth-order valence-electron chi connectivity index (χ4n) is 2.44. The molecule has 0 bridgehead atoms. The number of fused-ring (bicyclic) bond motifs is 1. The van der Waals surface area contributed by atoms with Crippen LogP contribution in [0.4, 0.5) is 5.69 Å². The molecule has 0 saturated heterocycles. The summed E-state index contributed by atoms with van der Waals surface area (Å²) in [6.07, 6.45) is 0. The molecule has 0 unspecified atom stereocenters. The summed E-state index contributed by atoms with van der Waals surface area (Å²) in [6, 6.07) is 6.85. The highest BCUT2D eigenvalue weighted by Crippen LogP contribution is 2.36. The molecular formula is C14H12ClN3O2. The molecule has 0 aliphatic carbocycles. The van der Waals surface area contributed by atoms with Gasteiger partial charge in [-0.05, 0) is 25.1 Å². The minimum atomic E-state index is -0.549. The molecule has 20 heavy (non-hydrogen) atoms. The molecule has 1 aliphatic rings. The van der Waals surface area contributed by atoms with Gasteiger partial charge in [-0.2, -0.15) is 5.10 Å². The van der Waals surface area contributed by atoms with Crippen LogP contribution in [0.2, 0.25) is 5.02 Å². The Morgan fingerprint density at radius 3 is 2.70 bits per heavy atom. The number of ketones is 1. The normalized spacial score (nSPS) is 14.1. The molecule has 0 atom stereocenters. The summed E-state index contributed by atoms with van der Waals surface area (Å²) >= 11 is 6.14. The Morgan fingerprint density at radius 1 is 1.30 bits per heavy atom. The van der Waals surface area contributed by atoms with Gasteiger partial charge in [0.25, 0.3) is 11.7 Å². The Bertz CT molecular complexity index is 736. The molecule has 1 aromatic carbocycles. The minimum Gasteiger partial charge on any atom is -0.297 e. The quantitative estimate of drug-likeness (QED) is 0.796. The number of hydrogen-bond donors (Lipinski definition) is 0. The van der Waals surface area contributed by atoms with E-state index in [9.17, 15) is 9.59 Å². The molecule has 1 aliphatic heterocycles. The Hall–Kier alpha value is -2.14. The minimum absolute atomic E-state index is 0.276. The first kappa shape index (κ1) is 12.9. The van der Waals surface area contributed by atoms with Gasteiger partial charge < -0.3 is 0 Å². The van der Waals surface area contributed by atoms with E-state index in [0.29, 0.717) is 16.3 Å². The van der Waals surface area contributed by atoms with E-state index in [4.69, 9.17) is 11.6 Å². The summed E-state index contributed by atoms with van der Waals surface area (Å²) in [7, 11) is 1.80. The third-order valence-corrected chi connectivity index (χ3v) is 3.66. The van der Waals surface area contributed by atoms with E-state index in [-0.39, 0.29) is 6.54 Å². The van der Waals surface area contributed by atoms with E-state index >= 15 is 0 Å². The molecule has 1 amide bonds. The third-order valence-electron chi connectivity index (χ3n) is 3.36. The summed E-state index contributed by atoms with van der Waals surface area (Å²) < 4.78 is 1.70. The van der Waals surface area contributed by atoms with Crippen LogP contribution in [0.1, 0.15) is 21.7 Å². The van der Waals surface area contributed by atoms with Gasteiger partial charge in [-0.25, -0.2) is 0 Å². The van der Waals surface area contributed by atoms with Crippen molar-refractivity contribution in [2.75, 3.05) is 4.90 Å². The molecule has 3 rings (SSSR count). The second-order valence-corrected chi connectivity index (χ2v) is 5.16. The predicted octanol–water partition coefficient (Wildman–Crippen LogP) is 2.11. The Balaban J connectivity index is 2.05. The summed E-state index contributed by atoms with van der Waals surface area (Å²) in [6.45, 7) is 2.15. The van der Waals surface area contributed by atoms with Crippen molar-refractivity contribution in [1.82, 2.24) is 9.78 Å². The lowest BCUT2D eigenvalue weighted by molar-refractivity contribution is -0.114. The number of anilines is 1. The van der Waals surface area contributed by atoms with E-state index in [1.165, 1.54) is 4.90 Å². The van der Waals surface area contributed by atoms with E-state index in [2.05, 4.69) is 5.10 Å². The van der Waals surface area contributed by atoms with Crippen LogP contribution >= 0.6 is 11.6 Å². The zero-order valence-corrected chi connectivity index (χ0v) is 11.8. The first-order valence-electron chi connectivity index (χ1n) is 6.13. The first-order valence-corrected chi connectivity index (χ1v) is 6.51. The SMILES string of the molecule is Cc1cc(CN2C(=O)C(=O)c3cccc(Cl)c32)n(C)n1.